The fraction of sp³-hybridized carbons (Fsp3) is 0.870. The van der Waals surface area contributed by atoms with Gasteiger partial charge in [-0.15, -0.1) is 13.2 Å². The van der Waals surface area contributed by atoms with E-state index in [2.05, 4.69) is 65.2 Å². The van der Waals surface area contributed by atoms with Crippen LogP contribution in [0.4, 0.5) is 0 Å². The van der Waals surface area contributed by atoms with Gasteiger partial charge in [-0.1, -0.05) is 83.6 Å². The first kappa shape index (κ1) is 38.0. The fourth-order valence-corrected chi connectivity index (χ4v) is 11.1. The first-order valence-corrected chi connectivity index (χ1v) is 21.3. The molecule has 6 rings (SSSR count). The predicted molar refractivity (Wildman–Crippen MR) is 205 cm³/mol. The van der Waals surface area contributed by atoms with E-state index in [1.165, 1.54) is 154 Å². The second kappa shape index (κ2) is 20.7. The summed E-state index contributed by atoms with van der Waals surface area (Å²) >= 11 is 0. The molecule has 0 aromatic carbocycles. The average molecular weight is 633 g/mol. The summed E-state index contributed by atoms with van der Waals surface area (Å²) in [6.45, 7) is 17.3. The van der Waals surface area contributed by atoms with Gasteiger partial charge in [0.15, 0.2) is 0 Å². The lowest BCUT2D eigenvalue weighted by Gasteiger charge is -2.36. The lowest BCUT2D eigenvalue weighted by Crippen LogP contribution is -2.24. The molecule has 0 radical (unpaired) electrons. The number of allylic oxidation sites excluding steroid dienone is 4. The molecular weight excluding hydrogens is 553 g/mol. The molecule has 0 saturated heterocycles. The molecule has 0 atom stereocenters. The van der Waals surface area contributed by atoms with Crippen molar-refractivity contribution in [3.8, 4) is 0 Å². The summed E-state index contributed by atoms with van der Waals surface area (Å²) in [6, 6.07) is 0. The Morgan fingerprint density at radius 1 is 0.326 bits per heavy atom. The molecule has 0 unspecified atom stereocenters. The van der Waals surface area contributed by atoms with Crippen LogP contribution in [0.3, 0.4) is 0 Å². The van der Waals surface area contributed by atoms with Crippen molar-refractivity contribution in [1.29, 1.82) is 0 Å². The molecule has 6 aliphatic rings. The third-order valence-electron chi connectivity index (χ3n) is 14.8. The van der Waals surface area contributed by atoms with Gasteiger partial charge in [0.05, 0.1) is 0 Å². The van der Waals surface area contributed by atoms with Crippen molar-refractivity contribution in [3.63, 3.8) is 0 Å². The van der Waals surface area contributed by atoms with Crippen LogP contribution in [0.15, 0.2) is 37.5 Å². The van der Waals surface area contributed by atoms with Crippen molar-refractivity contribution >= 4 is 0 Å². The lowest BCUT2D eigenvalue weighted by atomic mass is 9.69. The van der Waals surface area contributed by atoms with Gasteiger partial charge in [0.2, 0.25) is 0 Å². The summed E-state index contributed by atoms with van der Waals surface area (Å²) in [5.41, 5.74) is 0. The molecule has 0 aliphatic heterocycles. The summed E-state index contributed by atoms with van der Waals surface area (Å²) in [6.07, 6.45) is 44.7. The Morgan fingerprint density at radius 2 is 0.543 bits per heavy atom. The summed E-state index contributed by atoms with van der Waals surface area (Å²) < 4.78 is 0. The molecule has 0 heteroatoms. The second-order valence-electron chi connectivity index (χ2n) is 18.1. The molecule has 0 bridgehead atoms. The average Bonchev–Trinajstić information content (AvgIpc) is 3.11. The van der Waals surface area contributed by atoms with E-state index in [-0.39, 0.29) is 0 Å². The van der Waals surface area contributed by atoms with Crippen LogP contribution in [-0.2, 0) is 0 Å². The first-order valence-electron chi connectivity index (χ1n) is 21.3. The van der Waals surface area contributed by atoms with E-state index in [0.29, 0.717) is 0 Å². The Bertz CT molecular complexity index is 771. The van der Waals surface area contributed by atoms with Crippen LogP contribution in [0.25, 0.3) is 0 Å². The van der Waals surface area contributed by atoms with E-state index in [9.17, 15) is 0 Å². The van der Waals surface area contributed by atoms with Crippen molar-refractivity contribution in [3.05, 3.63) is 37.5 Å². The van der Waals surface area contributed by atoms with E-state index >= 15 is 0 Å². The topological polar surface area (TPSA) is 0 Å². The standard InChI is InChI=1S/C16H28.2C15H26/c1-3-4-14-7-11-16(12-8-14)15-9-5-13(2)6-10-15;2*1-3-13-6-10-15(11-7-13)14-8-4-12(2)5-9-14/h3-4,13-16H,5-12H2,1-2H3;2*3,12-15H,1,4-11H2,2H3/b4-3+;;. The molecule has 264 valence electrons. The van der Waals surface area contributed by atoms with Gasteiger partial charge in [0, 0.05) is 0 Å². The highest BCUT2D eigenvalue weighted by Crippen LogP contribution is 2.43. The zero-order valence-corrected chi connectivity index (χ0v) is 31.6. The van der Waals surface area contributed by atoms with Gasteiger partial charge in [-0.05, 0) is 194 Å². The molecule has 6 fully saturated rings. The Balaban J connectivity index is 0.000000157. The quantitative estimate of drug-likeness (QED) is 0.256. The zero-order valence-electron chi connectivity index (χ0n) is 31.6. The maximum absolute atomic E-state index is 3.93. The number of hydrogen-bond acceptors (Lipinski definition) is 0. The maximum Gasteiger partial charge on any atom is -0.0233 e. The molecule has 0 spiro atoms. The van der Waals surface area contributed by atoms with Gasteiger partial charge in [-0.3, -0.25) is 0 Å². The van der Waals surface area contributed by atoms with Crippen molar-refractivity contribution in [2.45, 2.75) is 182 Å². The van der Waals surface area contributed by atoms with Gasteiger partial charge >= 0.3 is 0 Å². The molecule has 0 aromatic rings. The summed E-state index contributed by atoms with van der Waals surface area (Å²) in [4.78, 5) is 0. The fourth-order valence-electron chi connectivity index (χ4n) is 11.1. The predicted octanol–water partition coefficient (Wildman–Crippen LogP) is 14.8. The van der Waals surface area contributed by atoms with Crippen LogP contribution < -0.4 is 0 Å². The normalized spacial score (nSPS) is 42.1. The zero-order chi connectivity index (χ0) is 32.7. The van der Waals surface area contributed by atoms with Gasteiger partial charge < -0.3 is 0 Å². The van der Waals surface area contributed by atoms with Crippen LogP contribution in [-0.4, -0.2) is 0 Å². The largest absolute Gasteiger partial charge is 0.103 e. The molecular formula is C46H80. The Morgan fingerprint density at radius 3 is 0.761 bits per heavy atom. The molecule has 0 heterocycles. The minimum Gasteiger partial charge on any atom is -0.103 e. The van der Waals surface area contributed by atoms with E-state index in [1.807, 2.05) is 0 Å². The SMILES string of the molecule is C/C=C/C1CCC(C2CCC(C)CC2)CC1.C=CC1CCC(C2CCC(C)CC2)CC1.C=CC1CCC(C2CCC(C)CC2)CC1. The summed E-state index contributed by atoms with van der Waals surface area (Å²) in [7, 11) is 0. The smallest absolute Gasteiger partial charge is 0.0233 e. The number of rotatable bonds is 6. The first-order chi connectivity index (χ1) is 22.4. The van der Waals surface area contributed by atoms with Gasteiger partial charge in [-0.25, -0.2) is 0 Å². The minimum absolute atomic E-state index is 0.837. The maximum atomic E-state index is 3.93. The molecule has 6 aliphatic carbocycles. The van der Waals surface area contributed by atoms with Crippen molar-refractivity contribution in [1.82, 2.24) is 0 Å². The third kappa shape index (κ3) is 12.6. The van der Waals surface area contributed by atoms with Crippen LogP contribution in [0.5, 0.6) is 0 Å². The van der Waals surface area contributed by atoms with E-state index in [4.69, 9.17) is 0 Å². The van der Waals surface area contributed by atoms with E-state index in [0.717, 1.165) is 71.0 Å². The molecule has 0 aromatic heterocycles. The highest BCUT2D eigenvalue weighted by atomic mass is 14.4. The summed E-state index contributed by atoms with van der Waals surface area (Å²) in [5.74, 6) is 12.0. The lowest BCUT2D eigenvalue weighted by molar-refractivity contribution is 0.160. The third-order valence-corrected chi connectivity index (χ3v) is 14.8. The molecule has 0 N–H and O–H groups in total. The molecule has 6 saturated carbocycles. The Labute approximate surface area is 289 Å². The van der Waals surface area contributed by atoms with Gasteiger partial charge in [0.1, 0.15) is 0 Å². The van der Waals surface area contributed by atoms with Gasteiger partial charge in [0.25, 0.3) is 0 Å². The van der Waals surface area contributed by atoms with Gasteiger partial charge in [-0.2, -0.15) is 0 Å². The van der Waals surface area contributed by atoms with Crippen molar-refractivity contribution in [2.75, 3.05) is 0 Å². The second-order valence-corrected chi connectivity index (χ2v) is 18.1. The molecule has 0 nitrogen and oxygen atoms in total. The summed E-state index contributed by atoms with van der Waals surface area (Å²) in [5, 5.41) is 0. The van der Waals surface area contributed by atoms with Crippen molar-refractivity contribution < 1.29 is 0 Å². The van der Waals surface area contributed by atoms with Crippen LogP contribution in [0.2, 0.25) is 0 Å². The highest BCUT2D eigenvalue weighted by molar-refractivity contribution is 4.91. The minimum atomic E-state index is 0.837. The van der Waals surface area contributed by atoms with Crippen LogP contribution in [0, 0.1) is 71.0 Å². The monoisotopic (exact) mass is 633 g/mol. The molecule has 46 heavy (non-hydrogen) atoms. The number of hydrogen-bond donors (Lipinski definition) is 0. The Hall–Kier alpha value is -0.780. The molecule has 0 amide bonds. The van der Waals surface area contributed by atoms with Crippen molar-refractivity contribution in [2.24, 2.45) is 71.0 Å². The Kier molecular flexibility index (Phi) is 17.1. The van der Waals surface area contributed by atoms with Crippen LogP contribution >= 0.6 is 0 Å². The van der Waals surface area contributed by atoms with Crippen LogP contribution in [0.1, 0.15) is 182 Å². The van der Waals surface area contributed by atoms with E-state index in [1.54, 1.807) is 0 Å². The highest BCUT2D eigenvalue weighted by Gasteiger charge is 2.31. The van der Waals surface area contributed by atoms with E-state index < -0.39 is 0 Å².